The predicted molar refractivity (Wildman–Crippen MR) is 97.1 cm³/mol. The van der Waals surface area contributed by atoms with E-state index in [0.29, 0.717) is 13.1 Å². The lowest BCUT2D eigenvalue weighted by Crippen LogP contribution is -2.39. The summed E-state index contributed by atoms with van der Waals surface area (Å²) in [4.78, 5) is 19.7. The molecule has 4 heterocycles. The molecule has 1 aliphatic rings. The summed E-state index contributed by atoms with van der Waals surface area (Å²) >= 11 is 1.41. The lowest BCUT2D eigenvalue weighted by Gasteiger charge is -2.32. The Morgan fingerprint density at radius 2 is 2.27 bits per heavy atom. The van der Waals surface area contributed by atoms with Gasteiger partial charge in [-0.3, -0.25) is 9.48 Å². The molecule has 0 bridgehead atoms. The highest BCUT2D eigenvalue weighted by molar-refractivity contribution is 7.11. The number of amides is 1. The Kier molecular flexibility index (Phi) is 4.54. The van der Waals surface area contributed by atoms with Gasteiger partial charge in [0.25, 0.3) is 5.91 Å². The molecule has 3 aromatic heterocycles. The first-order valence-corrected chi connectivity index (χ1v) is 9.56. The van der Waals surface area contributed by atoms with Gasteiger partial charge in [-0.25, -0.2) is 4.98 Å². The standard InChI is InChI=1S/C17H21N7OS/c1-12-15(26-11-18-12)17(25)23-7-3-5-13(9-23)16-21-20-14(22(16)2)10-24-8-4-6-19-24/h4,6,8,11,13H,3,5,7,9-10H2,1-2H3/t13-/m0/s1. The van der Waals surface area contributed by atoms with Crippen LogP contribution in [0, 0.1) is 6.92 Å². The molecule has 0 aliphatic carbocycles. The number of carbonyl (C=O) groups is 1. The first-order valence-electron chi connectivity index (χ1n) is 8.68. The number of hydrogen-bond donors (Lipinski definition) is 0. The molecule has 1 fully saturated rings. The van der Waals surface area contributed by atoms with Gasteiger partial charge < -0.3 is 9.47 Å². The maximum atomic E-state index is 12.8. The number of rotatable bonds is 4. The second-order valence-electron chi connectivity index (χ2n) is 6.59. The zero-order chi connectivity index (χ0) is 18.1. The molecule has 8 nitrogen and oxygen atoms in total. The number of aromatic nitrogens is 6. The van der Waals surface area contributed by atoms with Crippen LogP contribution < -0.4 is 0 Å². The van der Waals surface area contributed by atoms with Crippen molar-refractivity contribution in [2.75, 3.05) is 13.1 Å². The second-order valence-corrected chi connectivity index (χ2v) is 7.45. The molecule has 0 aromatic carbocycles. The molecule has 1 atom stereocenters. The topological polar surface area (TPSA) is 81.7 Å². The van der Waals surface area contributed by atoms with Crippen molar-refractivity contribution in [2.24, 2.45) is 7.05 Å². The van der Waals surface area contributed by atoms with Gasteiger partial charge >= 0.3 is 0 Å². The van der Waals surface area contributed by atoms with E-state index in [2.05, 4.69) is 20.3 Å². The molecule has 26 heavy (non-hydrogen) atoms. The smallest absolute Gasteiger partial charge is 0.265 e. The van der Waals surface area contributed by atoms with E-state index in [1.54, 1.807) is 11.7 Å². The summed E-state index contributed by atoms with van der Waals surface area (Å²) in [5.74, 6) is 2.08. The quantitative estimate of drug-likeness (QED) is 0.699. The highest BCUT2D eigenvalue weighted by atomic mass is 32.1. The molecule has 1 aliphatic heterocycles. The van der Waals surface area contributed by atoms with E-state index in [1.807, 2.05) is 40.4 Å². The monoisotopic (exact) mass is 371 g/mol. The van der Waals surface area contributed by atoms with Crippen LogP contribution >= 0.6 is 11.3 Å². The summed E-state index contributed by atoms with van der Waals surface area (Å²) in [6.45, 7) is 3.93. The van der Waals surface area contributed by atoms with Crippen LogP contribution in [0.5, 0.6) is 0 Å². The molecule has 3 aromatic rings. The number of carbonyl (C=O) groups excluding carboxylic acids is 1. The zero-order valence-corrected chi connectivity index (χ0v) is 15.7. The molecule has 0 unspecified atom stereocenters. The Morgan fingerprint density at radius 3 is 3.00 bits per heavy atom. The van der Waals surface area contributed by atoms with Gasteiger partial charge in [0.05, 0.1) is 11.2 Å². The third-order valence-corrected chi connectivity index (χ3v) is 5.79. The fourth-order valence-corrected chi connectivity index (χ4v) is 4.20. The van der Waals surface area contributed by atoms with Crippen LogP contribution in [0.25, 0.3) is 0 Å². The van der Waals surface area contributed by atoms with Crippen molar-refractivity contribution in [1.29, 1.82) is 0 Å². The minimum absolute atomic E-state index is 0.0774. The molecule has 1 saturated heterocycles. The van der Waals surface area contributed by atoms with Crippen molar-refractivity contribution in [3.63, 3.8) is 0 Å². The van der Waals surface area contributed by atoms with Crippen LogP contribution in [0.1, 0.15) is 45.8 Å². The fourth-order valence-electron chi connectivity index (χ4n) is 3.43. The third kappa shape index (κ3) is 3.14. The lowest BCUT2D eigenvalue weighted by atomic mass is 9.97. The van der Waals surface area contributed by atoms with E-state index in [1.165, 1.54) is 11.3 Å². The number of hydrogen-bond acceptors (Lipinski definition) is 6. The summed E-state index contributed by atoms with van der Waals surface area (Å²) in [7, 11) is 1.99. The summed E-state index contributed by atoms with van der Waals surface area (Å²) in [5.41, 5.74) is 2.54. The molecule has 0 spiro atoms. The number of piperidine rings is 1. The van der Waals surface area contributed by atoms with Crippen molar-refractivity contribution < 1.29 is 4.79 Å². The average Bonchev–Trinajstić information content (AvgIpc) is 3.38. The number of nitrogens with zero attached hydrogens (tertiary/aromatic N) is 7. The molecule has 4 rings (SSSR count). The molecule has 0 radical (unpaired) electrons. The largest absolute Gasteiger partial charge is 0.337 e. The summed E-state index contributed by atoms with van der Waals surface area (Å²) in [5, 5.41) is 13.0. The molecular weight excluding hydrogens is 350 g/mol. The van der Waals surface area contributed by atoms with Crippen LogP contribution in [-0.2, 0) is 13.6 Å². The van der Waals surface area contributed by atoms with E-state index in [-0.39, 0.29) is 11.8 Å². The number of aryl methyl sites for hydroxylation is 1. The first kappa shape index (κ1) is 16.9. The van der Waals surface area contributed by atoms with E-state index in [9.17, 15) is 4.79 Å². The fraction of sp³-hybridized carbons (Fsp3) is 0.471. The van der Waals surface area contributed by atoms with E-state index >= 15 is 0 Å². The Balaban J connectivity index is 1.50. The van der Waals surface area contributed by atoms with Gasteiger partial charge in [0.15, 0.2) is 5.82 Å². The van der Waals surface area contributed by atoms with Gasteiger partial charge in [0, 0.05) is 38.4 Å². The highest BCUT2D eigenvalue weighted by Gasteiger charge is 2.30. The van der Waals surface area contributed by atoms with Crippen molar-refractivity contribution >= 4 is 17.2 Å². The van der Waals surface area contributed by atoms with Gasteiger partial charge in [-0.15, -0.1) is 21.5 Å². The Bertz CT molecular complexity index is 898. The van der Waals surface area contributed by atoms with Crippen LogP contribution in [0.2, 0.25) is 0 Å². The van der Waals surface area contributed by atoms with Crippen molar-refractivity contribution in [3.05, 3.63) is 46.2 Å². The van der Waals surface area contributed by atoms with Gasteiger partial charge in [-0.05, 0) is 25.8 Å². The van der Waals surface area contributed by atoms with Crippen molar-refractivity contribution in [3.8, 4) is 0 Å². The zero-order valence-electron chi connectivity index (χ0n) is 14.9. The van der Waals surface area contributed by atoms with Crippen LogP contribution in [0.15, 0.2) is 24.0 Å². The minimum Gasteiger partial charge on any atom is -0.337 e. The molecule has 136 valence electrons. The second kappa shape index (κ2) is 6.99. The molecular formula is C17H21N7OS. The Hall–Kier alpha value is -2.55. The minimum atomic E-state index is 0.0774. The van der Waals surface area contributed by atoms with Gasteiger partial charge in [0.2, 0.25) is 0 Å². The Labute approximate surface area is 155 Å². The third-order valence-electron chi connectivity index (χ3n) is 4.87. The van der Waals surface area contributed by atoms with Crippen molar-refractivity contribution in [1.82, 2.24) is 34.4 Å². The van der Waals surface area contributed by atoms with Crippen LogP contribution in [-0.4, -0.2) is 53.4 Å². The Morgan fingerprint density at radius 1 is 1.38 bits per heavy atom. The summed E-state index contributed by atoms with van der Waals surface area (Å²) < 4.78 is 3.87. The predicted octanol–water partition coefficient (Wildman–Crippen LogP) is 1.84. The summed E-state index contributed by atoms with van der Waals surface area (Å²) in [6.07, 6.45) is 5.64. The number of likely N-dealkylation sites (tertiary alicyclic amines) is 1. The van der Waals surface area contributed by atoms with E-state index < -0.39 is 0 Å². The molecule has 0 saturated carbocycles. The first-order chi connectivity index (χ1) is 12.6. The van der Waals surface area contributed by atoms with Gasteiger partial charge in [-0.1, -0.05) is 0 Å². The number of thiazole rings is 1. The van der Waals surface area contributed by atoms with Gasteiger partial charge in [-0.2, -0.15) is 5.10 Å². The van der Waals surface area contributed by atoms with Gasteiger partial charge in [0.1, 0.15) is 17.2 Å². The maximum Gasteiger partial charge on any atom is 0.265 e. The van der Waals surface area contributed by atoms with Crippen LogP contribution in [0.4, 0.5) is 0 Å². The summed E-state index contributed by atoms with van der Waals surface area (Å²) in [6, 6.07) is 1.89. The normalized spacial score (nSPS) is 17.6. The lowest BCUT2D eigenvalue weighted by molar-refractivity contribution is 0.0707. The SMILES string of the molecule is Cc1ncsc1C(=O)N1CCC[C@H](c2nnc(Cn3cccn3)n2C)C1. The molecule has 1 amide bonds. The maximum absolute atomic E-state index is 12.8. The van der Waals surface area contributed by atoms with E-state index in [4.69, 9.17) is 0 Å². The van der Waals surface area contributed by atoms with E-state index in [0.717, 1.165) is 41.6 Å². The molecule has 0 N–H and O–H groups in total. The van der Waals surface area contributed by atoms with Crippen molar-refractivity contribution in [2.45, 2.75) is 32.2 Å². The average molecular weight is 371 g/mol. The van der Waals surface area contributed by atoms with Crippen LogP contribution in [0.3, 0.4) is 0 Å². The molecule has 9 heteroatoms. The highest BCUT2D eigenvalue weighted by Crippen LogP contribution is 2.28.